The van der Waals surface area contributed by atoms with E-state index in [9.17, 15) is 9.90 Å². The molecule has 0 aromatic carbocycles. The van der Waals surface area contributed by atoms with Crippen molar-refractivity contribution in [2.75, 3.05) is 24.5 Å². The Bertz CT molecular complexity index is 539. The first-order valence-corrected chi connectivity index (χ1v) is 8.59. The van der Waals surface area contributed by atoms with Crippen LogP contribution in [0.1, 0.15) is 44.1 Å². The zero-order valence-electron chi connectivity index (χ0n) is 13.6. The van der Waals surface area contributed by atoms with Gasteiger partial charge in [-0.15, -0.1) is 0 Å². The third-order valence-electron chi connectivity index (χ3n) is 4.81. The van der Waals surface area contributed by atoms with Crippen molar-refractivity contribution in [2.45, 2.75) is 50.7 Å². The Morgan fingerprint density at radius 1 is 1.22 bits per heavy atom. The number of amides is 2. The van der Waals surface area contributed by atoms with E-state index in [2.05, 4.69) is 20.5 Å². The summed E-state index contributed by atoms with van der Waals surface area (Å²) in [5.74, 6) is 0.994. The van der Waals surface area contributed by atoms with Crippen LogP contribution < -0.4 is 15.5 Å². The summed E-state index contributed by atoms with van der Waals surface area (Å²) < 4.78 is 0. The van der Waals surface area contributed by atoms with Gasteiger partial charge in [-0.3, -0.25) is 0 Å². The molecular weight excluding hydrogens is 292 g/mol. The number of nitrogens with one attached hydrogen (secondary N) is 2. The lowest BCUT2D eigenvalue weighted by molar-refractivity contribution is -0.0290. The van der Waals surface area contributed by atoms with E-state index in [-0.39, 0.29) is 6.03 Å². The molecule has 2 heterocycles. The van der Waals surface area contributed by atoms with Crippen LogP contribution in [-0.4, -0.2) is 41.4 Å². The molecule has 3 N–H and O–H groups in total. The molecule has 2 aliphatic rings. The van der Waals surface area contributed by atoms with Crippen LogP contribution in [0.3, 0.4) is 0 Å². The average Bonchev–Trinajstić information content (AvgIpc) is 2.57. The van der Waals surface area contributed by atoms with Gasteiger partial charge in [-0.1, -0.05) is 0 Å². The van der Waals surface area contributed by atoms with Gasteiger partial charge in [0.2, 0.25) is 0 Å². The number of carbonyl (C=O) groups excluding carboxylic acids is 1. The number of urea groups is 1. The predicted octanol–water partition coefficient (Wildman–Crippen LogP) is 1.79. The minimum Gasteiger partial charge on any atom is -0.388 e. The molecular formula is C17H26N4O2. The van der Waals surface area contributed by atoms with Gasteiger partial charge >= 0.3 is 6.03 Å². The SMILES string of the molecule is O=C(NCc1ccnc(N2CCCCC2)c1)NCC1(O)CCC1. The van der Waals surface area contributed by atoms with E-state index in [0.29, 0.717) is 13.1 Å². The smallest absolute Gasteiger partial charge is 0.315 e. The summed E-state index contributed by atoms with van der Waals surface area (Å²) in [6.45, 7) is 2.91. The molecule has 1 aromatic rings. The molecule has 1 aromatic heterocycles. The molecule has 1 saturated heterocycles. The maximum atomic E-state index is 11.8. The average molecular weight is 318 g/mol. The van der Waals surface area contributed by atoms with Gasteiger partial charge in [0.25, 0.3) is 0 Å². The highest BCUT2D eigenvalue weighted by atomic mass is 16.3. The van der Waals surface area contributed by atoms with Gasteiger partial charge in [0.15, 0.2) is 0 Å². The number of aromatic nitrogens is 1. The molecule has 3 rings (SSSR count). The third kappa shape index (κ3) is 4.34. The zero-order valence-corrected chi connectivity index (χ0v) is 13.6. The maximum Gasteiger partial charge on any atom is 0.315 e. The highest BCUT2D eigenvalue weighted by molar-refractivity contribution is 5.73. The summed E-state index contributed by atoms with van der Waals surface area (Å²) >= 11 is 0. The van der Waals surface area contributed by atoms with Gasteiger partial charge in [-0.25, -0.2) is 9.78 Å². The molecule has 2 fully saturated rings. The lowest BCUT2D eigenvalue weighted by Gasteiger charge is -2.36. The second-order valence-corrected chi connectivity index (χ2v) is 6.68. The van der Waals surface area contributed by atoms with Crippen molar-refractivity contribution in [3.8, 4) is 0 Å². The van der Waals surface area contributed by atoms with Crippen LogP contribution in [0, 0.1) is 0 Å². The Hall–Kier alpha value is -1.82. The number of aliphatic hydroxyl groups is 1. The summed E-state index contributed by atoms with van der Waals surface area (Å²) in [6.07, 6.45) is 8.12. The standard InChI is InChI=1S/C17H26N4O2/c22-16(20-13-17(23)6-4-7-17)19-12-14-5-8-18-15(11-14)21-9-2-1-3-10-21/h5,8,11,23H,1-4,6-7,9-10,12-13H2,(H2,19,20,22). The molecule has 0 radical (unpaired) electrons. The molecule has 0 spiro atoms. The van der Waals surface area contributed by atoms with Crippen molar-refractivity contribution in [1.82, 2.24) is 15.6 Å². The van der Waals surface area contributed by atoms with Gasteiger partial charge in [0.1, 0.15) is 5.82 Å². The summed E-state index contributed by atoms with van der Waals surface area (Å²) in [5.41, 5.74) is 0.355. The van der Waals surface area contributed by atoms with E-state index in [0.717, 1.165) is 43.7 Å². The fourth-order valence-corrected chi connectivity index (χ4v) is 3.12. The van der Waals surface area contributed by atoms with Crippen LogP contribution in [0.5, 0.6) is 0 Å². The predicted molar refractivity (Wildman–Crippen MR) is 89.3 cm³/mol. The molecule has 0 bridgehead atoms. The maximum absolute atomic E-state index is 11.8. The highest BCUT2D eigenvalue weighted by Gasteiger charge is 2.34. The van der Waals surface area contributed by atoms with E-state index < -0.39 is 5.60 Å². The van der Waals surface area contributed by atoms with Gasteiger partial charge < -0.3 is 20.6 Å². The number of hydrogen-bond acceptors (Lipinski definition) is 4. The largest absolute Gasteiger partial charge is 0.388 e. The van der Waals surface area contributed by atoms with E-state index in [1.54, 1.807) is 6.20 Å². The topological polar surface area (TPSA) is 77.5 Å². The molecule has 1 saturated carbocycles. The fourth-order valence-electron chi connectivity index (χ4n) is 3.12. The first kappa shape index (κ1) is 16.1. The van der Waals surface area contributed by atoms with E-state index in [1.165, 1.54) is 19.3 Å². The minimum atomic E-state index is -0.685. The molecule has 6 nitrogen and oxygen atoms in total. The molecule has 1 aliphatic carbocycles. The molecule has 126 valence electrons. The lowest BCUT2D eigenvalue weighted by Crippen LogP contribution is -2.49. The molecule has 2 amide bonds. The number of piperidine rings is 1. The second kappa shape index (κ2) is 7.17. The Morgan fingerprint density at radius 3 is 2.70 bits per heavy atom. The van der Waals surface area contributed by atoms with Crippen molar-refractivity contribution in [1.29, 1.82) is 0 Å². The van der Waals surface area contributed by atoms with Crippen LogP contribution in [0.4, 0.5) is 10.6 Å². The number of pyridine rings is 1. The van der Waals surface area contributed by atoms with Crippen molar-refractivity contribution < 1.29 is 9.90 Å². The van der Waals surface area contributed by atoms with Gasteiger partial charge in [0, 0.05) is 32.4 Å². The van der Waals surface area contributed by atoms with Crippen molar-refractivity contribution >= 4 is 11.8 Å². The van der Waals surface area contributed by atoms with E-state index >= 15 is 0 Å². The van der Waals surface area contributed by atoms with Gasteiger partial charge in [0.05, 0.1) is 5.60 Å². The monoisotopic (exact) mass is 318 g/mol. The molecule has 6 heteroatoms. The Balaban J connectivity index is 1.46. The van der Waals surface area contributed by atoms with Crippen LogP contribution in [0.15, 0.2) is 18.3 Å². The minimum absolute atomic E-state index is 0.235. The third-order valence-corrected chi connectivity index (χ3v) is 4.81. The molecule has 1 aliphatic heterocycles. The van der Waals surface area contributed by atoms with Crippen LogP contribution >= 0.6 is 0 Å². The Labute approximate surface area is 137 Å². The first-order chi connectivity index (χ1) is 11.1. The van der Waals surface area contributed by atoms with Crippen LogP contribution in [0.2, 0.25) is 0 Å². The number of rotatable bonds is 5. The first-order valence-electron chi connectivity index (χ1n) is 8.59. The quantitative estimate of drug-likeness (QED) is 0.773. The van der Waals surface area contributed by atoms with Crippen molar-refractivity contribution in [3.63, 3.8) is 0 Å². The number of anilines is 1. The van der Waals surface area contributed by atoms with Crippen LogP contribution in [0.25, 0.3) is 0 Å². The summed E-state index contributed by atoms with van der Waals surface area (Å²) in [6, 6.07) is 3.74. The second-order valence-electron chi connectivity index (χ2n) is 6.68. The summed E-state index contributed by atoms with van der Waals surface area (Å²) in [7, 11) is 0. The van der Waals surface area contributed by atoms with E-state index in [4.69, 9.17) is 0 Å². The Kier molecular flexibility index (Phi) is 5.00. The summed E-state index contributed by atoms with van der Waals surface area (Å²) in [4.78, 5) is 18.6. The van der Waals surface area contributed by atoms with Gasteiger partial charge in [-0.2, -0.15) is 0 Å². The number of hydrogen-bond donors (Lipinski definition) is 3. The molecule has 0 unspecified atom stereocenters. The van der Waals surface area contributed by atoms with Gasteiger partial charge in [-0.05, 0) is 56.2 Å². The normalized spacial score (nSPS) is 19.8. The van der Waals surface area contributed by atoms with E-state index in [1.807, 2.05) is 12.1 Å². The number of nitrogens with zero attached hydrogens (tertiary/aromatic N) is 2. The number of carbonyl (C=O) groups is 1. The van der Waals surface area contributed by atoms with Crippen molar-refractivity contribution in [3.05, 3.63) is 23.9 Å². The zero-order chi connectivity index (χ0) is 16.1. The molecule has 23 heavy (non-hydrogen) atoms. The van der Waals surface area contributed by atoms with Crippen LogP contribution in [-0.2, 0) is 6.54 Å². The fraction of sp³-hybridized carbons (Fsp3) is 0.647. The molecule has 0 atom stereocenters. The van der Waals surface area contributed by atoms with Crippen molar-refractivity contribution in [2.24, 2.45) is 0 Å². The Morgan fingerprint density at radius 2 is 2.00 bits per heavy atom. The lowest BCUT2D eigenvalue weighted by atomic mass is 9.80. The highest BCUT2D eigenvalue weighted by Crippen LogP contribution is 2.30. The summed E-state index contributed by atoms with van der Waals surface area (Å²) in [5, 5.41) is 15.6.